The average molecular weight is 251 g/mol. The minimum Gasteiger partial charge on any atom is -0.324 e. The van der Waals surface area contributed by atoms with Crippen LogP contribution in [-0.4, -0.2) is 0 Å². The fourth-order valence-electron chi connectivity index (χ4n) is 3.90. The topological polar surface area (TPSA) is 26.0 Å². The summed E-state index contributed by atoms with van der Waals surface area (Å²) in [6.07, 6.45) is 4.89. The molecular weight excluding hydrogens is 232 g/mol. The summed E-state index contributed by atoms with van der Waals surface area (Å²) < 4.78 is 27.1. The van der Waals surface area contributed by atoms with Crippen molar-refractivity contribution in [3.05, 3.63) is 34.9 Å². The van der Waals surface area contributed by atoms with E-state index in [1.807, 2.05) is 0 Å². The molecule has 0 radical (unpaired) electrons. The first kappa shape index (κ1) is 12.1. The van der Waals surface area contributed by atoms with Crippen LogP contribution in [0.1, 0.15) is 42.9 Å². The van der Waals surface area contributed by atoms with E-state index in [4.69, 9.17) is 5.73 Å². The summed E-state index contributed by atoms with van der Waals surface area (Å²) >= 11 is 0. The molecular formula is C15H19F2N. The molecule has 2 N–H and O–H groups in total. The fraction of sp³-hybridized carbons (Fsp3) is 0.600. The quantitative estimate of drug-likeness (QED) is 0.852. The molecule has 2 aliphatic carbocycles. The highest BCUT2D eigenvalue weighted by molar-refractivity contribution is 5.29. The van der Waals surface area contributed by atoms with Crippen molar-refractivity contribution in [2.45, 2.75) is 38.6 Å². The van der Waals surface area contributed by atoms with Crippen LogP contribution in [0.25, 0.3) is 0 Å². The lowest BCUT2D eigenvalue weighted by Gasteiger charge is -2.28. The van der Waals surface area contributed by atoms with Crippen LogP contribution >= 0.6 is 0 Å². The summed E-state index contributed by atoms with van der Waals surface area (Å²) in [6, 6.07) is 2.28. The Morgan fingerprint density at radius 2 is 1.94 bits per heavy atom. The maximum Gasteiger partial charge on any atom is 0.130 e. The van der Waals surface area contributed by atoms with Gasteiger partial charge in [-0.1, -0.05) is 6.42 Å². The Bertz CT molecular complexity index is 472. The Morgan fingerprint density at radius 1 is 1.17 bits per heavy atom. The molecule has 1 nitrogen and oxygen atoms in total. The number of hydrogen-bond donors (Lipinski definition) is 1. The predicted molar refractivity (Wildman–Crippen MR) is 67.0 cm³/mol. The number of nitrogens with two attached hydrogens (primary N) is 1. The SMILES string of the molecule is Cc1cc(C(N)C2CC3CCC2C3)c(F)cc1F. The minimum atomic E-state index is -0.492. The van der Waals surface area contributed by atoms with Gasteiger partial charge in [0.05, 0.1) is 0 Å². The number of hydrogen-bond acceptors (Lipinski definition) is 1. The van der Waals surface area contributed by atoms with Crippen LogP contribution in [0.4, 0.5) is 8.78 Å². The molecule has 3 heteroatoms. The molecule has 2 aliphatic rings. The standard InChI is InChI=1S/C15H19F2N/c1-8-4-12(14(17)7-13(8)16)15(18)11-6-9-2-3-10(11)5-9/h4,7,9-11,15H,2-3,5-6,18H2,1H3. The smallest absolute Gasteiger partial charge is 0.130 e. The van der Waals surface area contributed by atoms with Gasteiger partial charge in [0.1, 0.15) is 11.6 Å². The lowest BCUT2D eigenvalue weighted by atomic mass is 9.80. The molecule has 18 heavy (non-hydrogen) atoms. The molecule has 98 valence electrons. The predicted octanol–water partition coefficient (Wildman–Crippen LogP) is 3.71. The molecule has 0 aromatic heterocycles. The zero-order valence-electron chi connectivity index (χ0n) is 10.6. The van der Waals surface area contributed by atoms with Crippen molar-refractivity contribution in [3.63, 3.8) is 0 Å². The zero-order valence-corrected chi connectivity index (χ0v) is 10.6. The van der Waals surface area contributed by atoms with Gasteiger partial charge in [-0.2, -0.15) is 0 Å². The van der Waals surface area contributed by atoms with Gasteiger partial charge < -0.3 is 5.73 Å². The number of rotatable bonds is 2. The van der Waals surface area contributed by atoms with Crippen LogP contribution in [0, 0.1) is 36.3 Å². The molecule has 0 saturated heterocycles. The Balaban J connectivity index is 1.88. The van der Waals surface area contributed by atoms with Gasteiger partial charge in [0.2, 0.25) is 0 Å². The van der Waals surface area contributed by atoms with Crippen LogP contribution in [0.5, 0.6) is 0 Å². The monoisotopic (exact) mass is 251 g/mol. The summed E-state index contributed by atoms with van der Waals surface area (Å²) in [5.74, 6) is 0.832. The largest absolute Gasteiger partial charge is 0.324 e. The number of halogens is 2. The molecule has 4 unspecified atom stereocenters. The number of benzene rings is 1. The van der Waals surface area contributed by atoms with Gasteiger partial charge in [-0.25, -0.2) is 8.78 Å². The van der Waals surface area contributed by atoms with E-state index in [-0.39, 0.29) is 6.04 Å². The van der Waals surface area contributed by atoms with Gasteiger partial charge in [0.25, 0.3) is 0 Å². The van der Waals surface area contributed by atoms with Crippen molar-refractivity contribution >= 4 is 0 Å². The molecule has 0 aliphatic heterocycles. The van der Waals surface area contributed by atoms with Crippen LogP contribution in [-0.2, 0) is 0 Å². The normalized spacial score (nSPS) is 31.9. The third kappa shape index (κ3) is 1.85. The average Bonchev–Trinajstić information content (AvgIpc) is 2.95. The van der Waals surface area contributed by atoms with E-state index in [0.29, 0.717) is 23.0 Å². The fourth-order valence-corrected chi connectivity index (χ4v) is 3.90. The van der Waals surface area contributed by atoms with Crippen molar-refractivity contribution < 1.29 is 8.78 Å². The maximum absolute atomic E-state index is 13.9. The third-order valence-electron chi connectivity index (χ3n) is 4.89. The lowest BCUT2D eigenvalue weighted by molar-refractivity contribution is 0.280. The van der Waals surface area contributed by atoms with Crippen molar-refractivity contribution in [1.82, 2.24) is 0 Å². The van der Waals surface area contributed by atoms with Gasteiger partial charge in [0.15, 0.2) is 0 Å². The molecule has 4 atom stereocenters. The highest BCUT2D eigenvalue weighted by Gasteiger charge is 2.42. The second-order valence-electron chi connectivity index (χ2n) is 5.99. The number of fused-ring (bicyclic) bond motifs is 2. The second-order valence-corrected chi connectivity index (χ2v) is 5.99. The van der Waals surface area contributed by atoms with E-state index in [1.54, 1.807) is 13.0 Å². The maximum atomic E-state index is 13.9. The highest BCUT2D eigenvalue weighted by atomic mass is 19.1. The van der Waals surface area contributed by atoms with E-state index in [0.717, 1.165) is 18.4 Å². The van der Waals surface area contributed by atoms with E-state index < -0.39 is 11.6 Å². The summed E-state index contributed by atoms with van der Waals surface area (Å²) in [5.41, 5.74) is 7.21. The molecule has 0 amide bonds. The third-order valence-corrected chi connectivity index (χ3v) is 4.89. The Hall–Kier alpha value is -0.960. The summed E-state index contributed by atoms with van der Waals surface area (Å²) in [7, 11) is 0. The summed E-state index contributed by atoms with van der Waals surface area (Å²) in [6.45, 7) is 1.66. The first-order valence-corrected chi connectivity index (χ1v) is 6.77. The Kier molecular flexibility index (Phi) is 2.89. The second kappa shape index (κ2) is 4.30. The van der Waals surface area contributed by atoms with Gasteiger partial charge in [0, 0.05) is 17.7 Å². The van der Waals surface area contributed by atoms with Crippen molar-refractivity contribution in [1.29, 1.82) is 0 Å². The summed E-state index contributed by atoms with van der Waals surface area (Å²) in [5, 5.41) is 0. The van der Waals surface area contributed by atoms with Crippen LogP contribution in [0.2, 0.25) is 0 Å². The molecule has 2 saturated carbocycles. The number of aryl methyl sites for hydroxylation is 1. The molecule has 0 spiro atoms. The highest BCUT2D eigenvalue weighted by Crippen LogP contribution is 2.52. The van der Waals surface area contributed by atoms with E-state index >= 15 is 0 Å². The molecule has 2 fully saturated rings. The first-order valence-electron chi connectivity index (χ1n) is 6.77. The van der Waals surface area contributed by atoms with Crippen LogP contribution < -0.4 is 5.73 Å². The van der Waals surface area contributed by atoms with Crippen LogP contribution in [0.3, 0.4) is 0 Å². The Labute approximate surface area is 106 Å². The minimum absolute atomic E-state index is 0.278. The van der Waals surface area contributed by atoms with E-state index in [2.05, 4.69) is 0 Å². The van der Waals surface area contributed by atoms with Gasteiger partial charge in [-0.3, -0.25) is 0 Å². The van der Waals surface area contributed by atoms with E-state index in [1.165, 1.54) is 19.3 Å². The molecule has 1 aromatic rings. The van der Waals surface area contributed by atoms with Gasteiger partial charge >= 0.3 is 0 Å². The lowest BCUT2D eigenvalue weighted by Crippen LogP contribution is -2.27. The van der Waals surface area contributed by atoms with Gasteiger partial charge in [-0.05, 0) is 55.6 Å². The van der Waals surface area contributed by atoms with Gasteiger partial charge in [-0.15, -0.1) is 0 Å². The van der Waals surface area contributed by atoms with Crippen molar-refractivity contribution in [2.75, 3.05) is 0 Å². The Morgan fingerprint density at radius 3 is 2.56 bits per heavy atom. The molecule has 0 heterocycles. The van der Waals surface area contributed by atoms with Crippen LogP contribution in [0.15, 0.2) is 12.1 Å². The summed E-state index contributed by atoms with van der Waals surface area (Å²) in [4.78, 5) is 0. The molecule has 3 rings (SSSR count). The van der Waals surface area contributed by atoms with Crippen molar-refractivity contribution in [2.24, 2.45) is 23.5 Å². The molecule has 1 aromatic carbocycles. The zero-order chi connectivity index (χ0) is 12.9. The first-order chi connectivity index (χ1) is 8.56. The molecule has 2 bridgehead atoms. The van der Waals surface area contributed by atoms with Crippen molar-refractivity contribution in [3.8, 4) is 0 Å². The van der Waals surface area contributed by atoms with E-state index in [9.17, 15) is 8.78 Å².